The summed E-state index contributed by atoms with van der Waals surface area (Å²) in [6.45, 7) is 5.95. The van der Waals surface area contributed by atoms with Crippen LogP contribution in [0.25, 0.3) is 0 Å². The van der Waals surface area contributed by atoms with Crippen molar-refractivity contribution < 1.29 is 23.9 Å². The highest BCUT2D eigenvalue weighted by atomic mass is 16.6. The molecular weight excluding hydrogens is 390 g/mol. The van der Waals surface area contributed by atoms with Crippen molar-refractivity contribution in [2.75, 3.05) is 47.6 Å². The molecule has 0 radical (unpaired) electrons. The lowest BCUT2D eigenvalue weighted by molar-refractivity contribution is -0.422. The summed E-state index contributed by atoms with van der Waals surface area (Å²) in [4.78, 5) is 24.5. The first kappa shape index (κ1) is 27.2. The van der Waals surface area contributed by atoms with Crippen molar-refractivity contribution >= 4 is 5.97 Å². The fourth-order valence-electron chi connectivity index (χ4n) is 2.32. The van der Waals surface area contributed by atoms with Gasteiger partial charge in [0, 0.05) is 52.4 Å². The largest absolute Gasteiger partial charge is 0.468 e. The Labute approximate surface area is 178 Å². The van der Waals surface area contributed by atoms with Crippen molar-refractivity contribution in [1.29, 1.82) is 0 Å². The Morgan fingerprint density at radius 1 is 1.40 bits per heavy atom. The van der Waals surface area contributed by atoms with E-state index in [1.807, 2.05) is 13.8 Å². The Balaban J connectivity index is 5.54. The lowest BCUT2D eigenvalue weighted by atomic mass is 10.1. The molecule has 0 spiro atoms. The van der Waals surface area contributed by atoms with Gasteiger partial charge in [0.05, 0.1) is 18.6 Å². The molecule has 0 aliphatic heterocycles. The van der Waals surface area contributed by atoms with Crippen molar-refractivity contribution in [2.45, 2.75) is 20.3 Å². The summed E-state index contributed by atoms with van der Waals surface area (Å²) in [6, 6.07) is 0. The van der Waals surface area contributed by atoms with Crippen molar-refractivity contribution in [3.63, 3.8) is 0 Å². The highest BCUT2D eigenvalue weighted by Gasteiger charge is 2.25. The van der Waals surface area contributed by atoms with E-state index in [1.54, 1.807) is 32.6 Å². The predicted octanol–water partition coefficient (Wildman–Crippen LogP) is 2.16. The lowest BCUT2D eigenvalue weighted by Gasteiger charge is -2.17. The number of likely N-dealkylation sites (N-methyl/N-ethyl adjacent to an activating group) is 1. The Kier molecular flexibility index (Phi) is 14.5. The van der Waals surface area contributed by atoms with E-state index < -0.39 is 16.8 Å². The molecule has 0 saturated carbocycles. The number of carbonyl (C=O) groups excluding carboxylic acids is 1. The quantitative estimate of drug-likeness (QED) is 0.107. The minimum Gasteiger partial charge on any atom is -0.468 e. The van der Waals surface area contributed by atoms with Gasteiger partial charge in [-0.25, -0.2) is 0 Å². The van der Waals surface area contributed by atoms with Crippen LogP contribution in [0.15, 0.2) is 35.9 Å². The molecular formula is C21H33N3O6. The highest BCUT2D eigenvalue weighted by Crippen LogP contribution is 2.18. The fraction of sp³-hybridized carbons (Fsp3) is 0.571. The molecule has 0 aromatic heterocycles. The second kappa shape index (κ2) is 16.0. The van der Waals surface area contributed by atoms with E-state index in [-0.39, 0.29) is 23.9 Å². The SMILES string of the molecule is C#CC(/C=C(\C(=C/COCC(C)CCOCC)N(C)/C=C\NC)[N+](=O)[O-])C(=O)OC. The number of nitrogens with zero attached hydrogens (tertiary/aromatic N) is 2. The zero-order chi connectivity index (χ0) is 22.9. The average molecular weight is 424 g/mol. The Morgan fingerprint density at radius 3 is 2.63 bits per heavy atom. The van der Waals surface area contributed by atoms with Crippen LogP contribution in [0.5, 0.6) is 0 Å². The first-order valence-corrected chi connectivity index (χ1v) is 9.65. The van der Waals surface area contributed by atoms with Crippen LogP contribution in [0.4, 0.5) is 0 Å². The Bertz CT molecular complexity index is 666. The van der Waals surface area contributed by atoms with Gasteiger partial charge in [0.2, 0.25) is 0 Å². The lowest BCUT2D eigenvalue weighted by Crippen LogP contribution is -2.21. The zero-order valence-electron chi connectivity index (χ0n) is 18.4. The summed E-state index contributed by atoms with van der Waals surface area (Å²) in [5, 5.41) is 14.5. The van der Waals surface area contributed by atoms with Crippen LogP contribution >= 0.6 is 0 Å². The van der Waals surface area contributed by atoms with Gasteiger partial charge < -0.3 is 24.4 Å². The molecule has 0 saturated heterocycles. The molecule has 0 bridgehead atoms. The number of hydrogen-bond donors (Lipinski definition) is 1. The topological polar surface area (TPSA) is 103 Å². The third-order valence-corrected chi connectivity index (χ3v) is 4.02. The number of nitrogens with one attached hydrogen (secondary N) is 1. The predicted molar refractivity (Wildman–Crippen MR) is 115 cm³/mol. The van der Waals surface area contributed by atoms with Gasteiger partial charge in [0.25, 0.3) is 5.70 Å². The molecule has 0 aliphatic rings. The number of rotatable bonds is 15. The molecule has 0 amide bonds. The monoisotopic (exact) mass is 423 g/mol. The number of hydrogen-bond acceptors (Lipinski definition) is 8. The summed E-state index contributed by atoms with van der Waals surface area (Å²) < 4.78 is 15.6. The van der Waals surface area contributed by atoms with Gasteiger partial charge in [-0.15, -0.1) is 6.42 Å². The second-order valence-corrected chi connectivity index (χ2v) is 6.41. The van der Waals surface area contributed by atoms with Gasteiger partial charge in [0.1, 0.15) is 11.6 Å². The van der Waals surface area contributed by atoms with E-state index in [1.165, 1.54) is 12.0 Å². The van der Waals surface area contributed by atoms with E-state index in [9.17, 15) is 14.9 Å². The Morgan fingerprint density at radius 2 is 2.10 bits per heavy atom. The van der Waals surface area contributed by atoms with Crippen LogP contribution < -0.4 is 5.32 Å². The average Bonchev–Trinajstić information content (AvgIpc) is 2.73. The van der Waals surface area contributed by atoms with Crippen LogP contribution in [-0.2, 0) is 19.0 Å². The van der Waals surface area contributed by atoms with Gasteiger partial charge in [-0.1, -0.05) is 12.8 Å². The fourth-order valence-corrected chi connectivity index (χ4v) is 2.32. The maximum absolute atomic E-state index is 11.8. The summed E-state index contributed by atoms with van der Waals surface area (Å²) in [7, 11) is 4.52. The molecule has 0 aromatic carbocycles. The smallest absolute Gasteiger partial charge is 0.325 e. The molecule has 0 rings (SSSR count). The number of terminal acetylenes is 1. The minimum absolute atomic E-state index is 0.149. The number of carbonyl (C=O) groups is 1. The van der Waals surface area contributed by atoms with Crippen molar-refractivity contribution in [1.82, 2.24) is 10.2 Å². The molecule has 1 N–H and O–H groups in total. The van der Waals surface area contributed by atoms with Gasteiger partial charge in [-0.3, -0.25) is 14.9 Å². The second-order valence-electron chi connectivity index (χ2n) is 6.41. The van der Waals surface area contributed by atoms with E-state index in [4.69, 9.17) is 15.9 Å². The first-order valence-electron chi connectivity index (χ1n) is 9.65. The molecule has 0 heterocycles. The molecule has 0 aliphatic carbocycles. The number of ether oxygens (including phenoxy) is 3. The van der Waals surface area contributed by atoms with Gasteiger partial charge >= 0.3 is 5.97 Å². The third kappa shape index (κ3) is 10.6. The number of nitro groups is 1. The maximum Gasteiger partial charge on any atom is 0.325 e. The molecule has 2 unspecified atom stereocenters. The standard InChI is InChI=1S/C21H33N3O6/c1-7-18(21(25)28-6)15-20(24(26)27)19(23(5)12-11-22-4)10-14-30-16-17(3)9-13-29-8-2/h1,10-12,15,17-18,22H,8-9,13-14,16H2,2-6H3/b12-11-,19-10+,20-15+. The zero-order valence-corrected chi connectivity index (χ0v) is 18.4. The van der Waals surface area contributed by atoms with Gasteiger partial charge in [0.15, 0.2) is 0 Å². The van der Waals surface area contributed by atoms with Gasteiger partial charge in [-0.2, -0.15) is 0 Å². The summed E-state index contributed by atoms with van der Waals surface area (Å²) in [5.74, 6) is 0.563. The van der Waals surface area contributed by atoms with Gasteiger partial charge in [-0.05, 0) is 25.3 Å². The van der Waals surface area contributed by atoms with E-state index in [0.29, 0.717) is 19.8 Å². The molecule has 0 aromatic rings. The van der Waals surface area contributed by atoms with E-state index >= 15 is 0 Å². The van der Waals surface area contributed by atoms with Crippen LogP contribution in [0.2, 0.25) is 0 Å². The number of methoxy groups -OCH3 is 1. The summed E-state index contributed by atoms with van der Waals surface area (Å²) in [6.07, 6.45) is 12.1. The first-order chi connectivity index (χ1) is 14.3. The normalized spacial score (nSPS) is 14.1. The third-order valence-electron chi connectivity index (χ3n) is 4.02. The Hall–Kier alpha value is -2.83. The number of esters is 1. The van der Waals surface area contributed by atoms with Crippen LogP contribution in [-0.4, -0.2) is 63.4 Å². The van der Waals surface area contributed by atoms with Crippen LogP contribution in [0.3, 0.4) is 0 Å². The summed E-state index contributed by atoms with van der Waals surface area (Å²) >= 11 is 0. The molecule has 30 heavy (non-hydrogen) atoms. The maximum atomic E-state index is 11.8. The van der Waals surface area contributed by atoms with Crippen molar-refractivity contribution in [3.8, 4) is 12.3 Å². The summed E-state index contributed by atoms with van der Waals surface area (Å²) in [5.41, 5.74) is -0.0859. The molecule has 9 heteroatoms. The van der Waals surface area contributed by atoms with E-state index in [2.05, 4.69) is 16.0 Å². The van der Waals surface area contributed by atoms with E-state index in [0.717, 1.165) is 12.5 Å². The van der Waals surface area contributed by atoms with Crippen molar-refractivity contribution in [2.24, 2.45) is 11.8 Å². The molecule has 168 valence electrons. The van der Waals surface area contributed by atoms with Crippen LogP contribution in [0, 0.1) is 34.3 Å². The van der Waals surface area contributed by atoms with Crippen LogP contribution in [0.1, 0.15) is 20.3 Å². The van der Waals surface area contributed by atoms with Crippen molar-refractivity contribution in [3.05, 3.63) is 46.1 Å². The molecule has 2 atom stereocenters. The minimum atomic E-state index is -1.18. The highest BCUT2D eigenvalue weighted by molar-refractivity contribution is 5.77. The molecule has 9 nitrogen and oxygen atoms in total. The molecule has 0 fully saturated rings.